The van der Waals surface area contributed by atoms with Gasteiger partial charge in [0.25, 0.3) is 0 Å². The van der Waals surface area contributed by atoms with Gasteiger partial charge in [0.2, 0.25) is 5.91 Å². The smallest absolute Gasteiger partial charge is 0.224 e. The molecule has 9 heteroatoms. The van der Waals surface area contributed by atoms with E-state index in [1.807, 2.05) is 25.1 Å². The molecule has 2 heterocycles. The van der Waals surface area contributed by atoms with Crippen LogP contribution in [-0.4, -0.2) is 32.3 Å². The lowest BCUT2D eigenvalue weighted by molar-refractivity contribution is -0.116. The van der Waals surface area contributed by atoms with E-state index in [9.17, 15) is 9.18 Å². The second kappa shape index (κ2) is 9.86. The van der Waals surface area contributed by atoms with Crippen LogP contribution < -0.4 is 15.4 Å². The Hall–Kier alpha value is -4.01. The van der Waals surface area contributed by atoms with Crippen LogP contribution in [0.25, 0.3) is 5.65 Å². The highest BCUT2D eigenvalue weighted by Crippen LogP contribution is 2.23. The number of amides is 1. The SMILES string of the molecule is CCOc1ccccc1NC(=O)CCc1nnc2ccc(NCc3ccc(F)cc3)nn12. The monoisotopic (exact) mass is 434 g/mol. The molecule has 0 aliphatic rings. The largest absolute Gasteiger partial charge is 0.492 e. The lowest BCUT2D eigenvalue weighted by atomic mass is 10.2. The van der Waals surface area contributed by atoms with E-state index in [4.69, 9.17) is 4.74 Å². The van der Waals surface area contributed by atoms with Gasteiger partial charge in [-0.2, -0.15) is 4.52 Å². The summed E-state index contributed by atoms with van der Waals surface area (Å²) in [4.78, 5) is 12.5. The number of aryl methyl sites for hydroxylation is 1. The molecule has 0 aliphatic carbocycles. The van der Waals surface area contributed by atoms with Gasteiger partial charge in [-0.3, -0.25) is 4.79 Å². The Morgan fingerprint density at radius 2 is 1.88 bits per heavy atom. The average molecular weight is 434 g/mol. The lowest BCUT2D eigenvalue weighted by Gasteiger charge is -2.11. The van der Waals surface area contributed by atoms with Gasteiger partial charge < -0.3 is 15.4 Å². The highest BCUT2D eigenvalue weighted by atomic mass is 19.1. The van der Waals surface area contributed by atoms with Gasteiger partial charge in [0, 0.05) is 19.4 Å². The number of ether oxygens (including phenoxy) is 1. The number of rotatable bonds is 9. The molecular formula is C23H23FN6O2. The molecule has 8 nitrogen and oxygen atoms in total. The molecule has 0 atom stereocenters. The molecule has 2 N–H and O–H groups in total. The molecule has 0 aliphatic heterocycles. The number of hydrogen-bond acceptors (Lipinski definition) is 6. The maximum atomic E-state index is 13.1. The Morgan fingerprint density at radius 3 is 2.69 bits per heavy atom. The van der Waals surface area contributed by atoms with Crippen LogP contribution >= 0.6 is 0 Å². The van der Waals surface area contributed by atoms with Crippen molar-refractivity contribution in [3.05, 3.63) is 77.9 Å². The summed E-state index contributed by atoms with van der Waals surface area (Å²) in [7, 11) is 0. The minimum absolute atomic E-state index is 0.153. The normalized spacial score (nSPS) is 10.8. The first kappa shape index (κ1) is 21.2. The van der Waals surface area contributed by atoms with Crippen LogP contribution in [0.5, 0.6) is 5.75 Å². The molecule has 4 aromatic rings. The summed E-state index contributed by atoms with van der Waals surface area (Å²) in [6, 6.07) is 17.2. The van der Waals surface area contributed by atoms with E-state index in [1.165, 1.54) is 12.1 Å². The fourth-order valence-corrected chi connectivity index (χ4v) is 3.17. The van der Waals surface area contributed by atoms with E-state index in [0.717, 1.165) is 5.56 Å². The van der Waals surface area contributed by atoms with Gasteiger partial charge in [-0.1, -0.05) is 24.3 Å². The van der Waals surface area contributed by atoms with Gasteiger partial charge in [0.1, 0.15) is 17.4 Å². The number of hydrogen-bond donors (Lipinski definition) is 2. The molecule has 0 fully saturated rings. The van der Waals surface area contributed by atoms with E-state index in [2.05, 4.69) is 25.9 Å². The van der Waals surface area contributed by atoms with Gasteiger partial charge in [-0.15, -0.1) is 15.3 Å². The first-order valence-corrected chi connectivity index (χ1v) is 10.3. The average Bonchev–Trinajstić information content (AvgIpc) is 3.21. The molecule has 0 radical (unpaired) electrons. The topological polar surface area (TPSA) is 93.4 Å². The fourth-order valence-electron chi connectivity index (χ4n) is 3.17. The third-order valence-corrected chi connectivity index (χ3v) is 4.75. The first-order valence-electron chi connectivity index (χ1n) is 10.3. The summed E-state index contributed by atoms with van der Waals surface area (Å²) in [5.41, 5.74) is 2.16. The lowest BCUT2D eigenvalue weighted by Crippen LogP contribution is -2.14. The summed E-state index contributed by atoms with van der Waals surface area (Å²) in [5, 5.41) is 18.9. The third-order valence-electron chi connectivity index (χ3n) is 4.75. The van der Waals surface area contributed by atoms with Crippen molar-refractivity contribution in [1.29, 1.82) is 0 Å². The molecule has 2 aromatic heterocycles. The van der Waals surface area contributed by atoms with Crippen LogP contribution in [0.1, 0.15) is 24.7 Å². The van der Waals surface area contributed by atoms with Gasteiger partial charge in [0.15, 0.2) is 11.5 Å². The molecule has 2 aromatic carbocycles. The number of carbonyl (C=O) groups is 1. The predicted molar refractivity (Wildman–Crippen MR) is 119 cm³/mol. The molecule has 0 saturated carbocycles. The Morgan fingerprint density at radius 1 is 1.06 bits per heavy atom. The van der Waals surface area contributed by atoms with Crippen molar-refractivity contribution < 1.29 is 13.9 Å². The molecular weight excluding hydrogens is 411 g/mol. The summed E-state index contributed by atoms with van der Waals surface area (Å²) in [6.45, 7) is 2.91. The van der Waals surface area contributed by atoms with Crippen molar-refractivity contribution in [2.24, 2.45) is 0 Å². The maximum absolute atomic E-state index is 13.1. The minimum atomic E-state index is -0.271. The zero-order valence-electron chi connectivity index (χ0n) is 17.6. The standard InChI is InChI=1S/C23H23FN6O2/c1-2-32-19-6-4-3-5-18(19)26-23(31)14-13-22-28-27-21-12-11-20(29-30(21)22)25-15-16-7-9-17(24)10-8-16/h3-12H,2,13-15H2,1H3,(H,25,29)(H,26,31). The van der Waals surface area contributed by atoms with Crippen molar-refractivity contribution in [1.82, 2.24) is 19.8 Å². The molecule has 0 bridgehead atoms. The number of nitrogens with zero attached hydrogens (tertiary/aromatic N) is 4. The molecule has 32 heavy (non-hydrogen) atoms. The number of nitrogens with one attached hydrogen (secondary N) is 2. The Labute approximate surface area is 184 Å². The summed E-state index contributed by atoms with van der Waals surface area (Å²) >= 11 is 0. The molecule has 164 valence electrons. The third kappa shape index (κ3) is 5.18. The van der Waals surface area contributed by atoms with E-state index in [0.29, 0.717) is 48.3 Å². The minimum Gasteiger partial charge on any atom is -0.492 e. The fraction of sp³-hybridized carbons (Fsp3) is 0.217. The van der Waals surface area contributed by atoms with E-state index >= 15 is 0 Å². The number of carbonyl (C=O) groups excluding carboxylic acids is 1. The van der Waals surface area contributed by atoms with Crippen molar-refractivity contribution in [2.75, 3.05) is 17.2 Å². The van der Waals surface area contributed by atoms with Crippen molar-refractivity contribution in [3.63, 3.8) is 0 Å². The number of aromatic nitrogens is 4. The Bertz CT molecular complexity index is 1210. The van der Waals surface area contributed by atoms with Crippen LogP contribution in [0.4, 0.5) is 15.9 Å². The van der Waals surface area contributed by atoms with Crippen molar-refractivity contribution in [3.8, 4) is 5.75 Å². The zero-order chi connectivity index (χ0) is 22.3. The van der Waals surface area contributed by atoms with Crippen LogP contribution in [0.3, 0.4) is 0 Å². The van der Waals surface area contributed by atoms with Crippen LogP contribution in [0.2, 0.25) is 0 Å². The number of halogens is 1. The van der Waals surface area contributed by atoms with Crippen LogP contribution in [0.15, 0.2) is 60.7 Å². The second-order valence-corrected chi connectivity index (χ2v) is 7.06. The zero-order valence-corrected chi connectivity index (χ0v) is 17.6. The number of fused-ring (bicyclic) bond motifs is 1. The van der Waals surface area contributed by atoms with E-state index < -0.39 is 0 Å². The Balaban J connectivity index is 1.39. The predicted octanol–water partition coefficient (Wildman–Crippen LogP) is 3.85. The van der Waals surface area contributed by atoms with Gasteiger partial charge in [-0.25, -0.2) is 4.39 Å². The molecule has 0 unspecified atom stereocenters. The quantitative estimate of drug-likeness (QED) is 0.416. The van der Waals surface area contributed by atoms with Crippen molar-refractivity contribution in [2.45, 2.75) is 26.3 Å². The highest BCUT2D eigenvalue weighted by molar-refractivity contribution is 5.92. The maximum Gasteiger partial charge on any atom is 0.224 e. The van der Waals surface area contributed by atoms with Gasteiger partial charge >= 0.3 is 0 Å². The number of para-hydroxylation sites is 2. The van der Waals surface area contributed by atoms with Crippen LogP contribution in [0, 0.1) is 5.82 Å². The second-order valence-electron chi connectivity index (χ2n) is 7.06. The number of benzene rings is 2. The van der Waals surface area contributed by atoms with Gasteiger partial charge in [0.05, 0.1) is 12.3 Å². The van der Waals surface area contributed by atoms with E-state index in [-0.39, 0.29) is 18.1 Å². The highest BCUT2D eigenvalue weighted by Gasteiger charge is 2.12. The van der Waals surface area contributed by atoms with Crippen molar-refractivity contribution >= 4 is 23.1 Å². The summed E-state index contributed by atoms with van der Waals surface area (Å²) in [5.74, 6) is 1.42. The summed E-state index contributed by atoms with van der Waals surface area (Å²) < 4.78 is 20.2. The Kier molecular flexibility index (Phi) is 6.54. The van der Waals surface area contributed by atoms with Gasteiger partial charge in [-0.05, 0) is 48.9 Å². The number of anilines is 2. The molecule has 1 amide bonds. The first-order chi connectivity index (χ1) is 15.6. The molecule has 0 spiro atoms. The summed E-state index contributed by atoms with van der Waals surface area (Å²) in [6.07, 6.45) is 0.592. The molecule has 4 rings (SSSR count). The van der Waals surface area contributed by atoms with E-state index in [1.54, 1.807) is 34.8 Å². The van der Waals surface area contributed by atoms with Crippen LogP contribution in [-0.2, 0) is 17.8 Å². The molecule has 0 saturated heterocycles.